The molecule has 0 aliphatic rings. The highest BCUT2D eigenvalue weighted by Crippen LogP contribution is 2.17. The fraction of sp³-hybridized carbons (Fsp3) is 0.471. The first kappa shape index (κ1) is 14.8. The summed E-state index contributed by atoms with van der Waals surface area (Å²) in [5.74, 6) is 0. The van der Waals surface area contributed by atoms with E-state index in [0.717, 1.165) is 52.9 Å². The van der Waals surface area contributed by atoms with Gasteiger partial charge in [-0.05, 0) is 51.8 Å². The predicted molar refractivity (Wildman–Crippen MR) is 84.5 cm³/mol. The molecule has 20 heavy (non-hydrogen) atoms. The minimum atomic E-state index is 0.197. The smallest absolute Gasteiger partial charge is 0.198 e. The molecule has 0 aliphatic carbocycles. The first-order valence-electron chi connectivity index (χ1n) is 7.44. The number of rotatable bonds is 4. The van der Waals surface area contributed by atoms with Crippen LogP contribution in [0.4, 0.5) is 0 Å². The molecule has 108 valence electrons. The number of benzene rings is 1. The number of H-pyrrole nitrogens is 1. The lowest BCUT2D eigenvalue weighted by molar-refractivity contribution is -0.910. The standard InChI is InChI=1S/C17H24N2O/c1-6-19(7-2)10-15-13(5)18-16-12(4)8-11(3)9-14(16)17(15)20/h8-9H,6-7,10H2,1-5H3,(H,18,20)/p+1. The molecule has 0 atom stereocenters. The van der Waals surface area contributed by atoms with Crippen LogP contribution in [0.5, 0.6) is 0 Å². The number of aromatic amines is 1. The molecular formula is C17H25N2O+. The molecule has 1 aromatic heterocycles. The molecule has 0 fully saturated rings. The molecule has 2 aromatic rings. The summed E-state index contributed by atoms with van der Waals surface area (Å²) in [4.78, 5) is 17.7. The lowest BCUT2D eigenvalue weighted by Gasteiger charge is -2.17. The summed E-state index contributed by atoms with van der Waals surface area (Å²) >= 11 is 0. The Kier molecular flexibility index (Phi) is 4.29. The second kappa shape index (κ2) is 5.80. The zero-order valence-electron chi connectivity index (χ0n) is 13.2. The number of fused-ring (bicyclic) bond motifs is 1. The molecule has 2 rings (SSSR count). The molecule has 0 radical (unpaired) electrons. The van der Waals surface area contributed by atoms with Crippen LogP contribution in [0.3, 0.4) is 0 Å². The number of hydrogen-bond donors (Lipinski definition) is 2. The van der Waals surface area contributed by atoms with Crippen LogP contribution < -0.4 is 10.3 Å². The minimum absolute atomic E-state index is 0.197. The largest absolute Gasteiger partial charge is 0.358 e. The van der Waals surface area contributed by atoms with Crippen LogP contribution in [0.2, 0.25) is 0 Å². The van der Waals surface area contributed by atoms with Gasteiger partial charge >= 0.3 is 0 Å². The molecule has 1 aromatic carbocycles. The fourth-order valence-corrected chi connectivity index (χ4v) is 2.87. The summed E-state index contributed by atoms with van der Waals surface area (Å²) in [6, 6.07) is 4.12. The summed E-state index contributed by atoms with van der Waals surface area (Å²) in [7, 11) is 0. The van der Waals surface area contributed by atoms with Crippen molar-refractivity contribution >= 4 is 10.9 Å². The monoisotopic (exact) mass is 273 g/mol. The number of aromatic nitrogens is 1. The third kappa shape index (κ3) is 2.63. The molecule has 0 saturated heterocycles. The Morgan fingerprint density at radius 2 is 1.75 bits per heavy atom. The second-order valence-corrected chi connectivity index (χ2v) is 5.70. The number of pyridine rings is 1. The van der Waals surface area contributed by atoms with Crippen LogP contribution in [0, 0.1) is 20.8 Å². The highest BCUT2D eigenvalue weighted by molar-refractivity contribution is 5.83. The van der Waals surface area contributed by atoms with E-state index in [1.807, 2.05) is 19.9 Å². The summed E-state index contributed by atoms with van der Waals surface area (Å²) in [6.45, 7) is 13.3. The first-order valence-corrected chi connectivity index (χ1v) is 7.44. The maximum Gasteiger partial charge on any atom is 0.198 e. The predicted octanol–water partition coefficient (Wildman–Crippen LogP) is 1.88. The fourth-order valence-electron chi connectivity index (χ4n) is 2.87. The van der Waals surface area contributed by atoms with Gasteiger partial charge in [0.2, 0.25) is 0 Å². The zero-order chi connectivity index (χ0) is 14.9. The van der Waals surface area contributed by atoms with Gasteiger partial charge in [-0.15, -0.1) is 0 Å². The maximum absolute atomic E-state index is 12.8. The van der Waals surface area contributed by atoms with E-state index >= 15 is 0 Å². The van der Waals surface area contributed by atoms with Crippen LogP contribution in [0.25, 0.3) is 10.9 Å². The van der Waals surface area contributed by atoms with Crippen molar-refractivity contribution in [3.05, 3.63) is 44.7 Å². The van der Waals surface area contributed by atoms with Crippen LogP contribution in [-0.4, -0.2) is 18.1 Å². The second-order valence-electron chi connectivity index (χ2n) is 5.70. The molecule has 0 saturated carbocycles. The van der Waals surface area contributed by atoms with Gasteiger partial charge < -0.3 is 9.88 Å². The Hall–Kier alpha value is -1.61. The van der Waals surface area contributed by atoms with Gasteiger partial charge in [-0.25, -0.2) is 0 Å². The van der Waals surface area contributed by atoms with Crippen molar-refractivity contribution in [1.29, 1.82) is 0 Å². The number of hydrogen-bond acceptors (Lipinski definition) is 1. The highest BCUT2D eigenvalue weighted by atomic mass is 16.1. The topological polar surface area (TPSA) is 37.3 Å². The molecule has 0 unspecified atom stereocenters. The van der Waals surface area contributed by atoms with Gasteiger partial charge in [0, 0.05) is 11.1 Å². The molecule has 0 amide bonds. The van der Waals surface area contributed by atoms with E-state index in [1.54, 1.807) is 0 Å². The number of nitrogens with one attached hydrogen (secondary N) is 2. The molecular weight excluding hydrogens is 248 g/mol. The Bertz CT molecular complexity index is 681. The lowest BCUT2D eigenvalue weighted by Crippen LogP contribution is -3.10. The van der Waals surface area contributed by atoms with Crippen LogP contribution in [0.1, 0.15) is 36.2 Å². The van der Waals surface area contributed by atoms with Gasteiger partial charge in [0.05, 0.1) is 24.2 Å². The van der Waals surface area contributed by atoms with Gasteiger partial charge in [0.1, 0.15) is 6.54 Å². The molecule has 3 nitrogen and oxygen atoms in total. The third-order valence-electron chi connectivity index (χ3n) is 4.19. The zero-order valence-corrected chi connectivity index (χ0v) is 13.2. The van der Waals surface area contributed by atoms with Gasteiger partial charge in [-0.3, -0.25) is 4.79 Å². The van der Waals surface area contributed by atoms with Crippen molar-refractivity contribution in [2.24, 2.45) is 0 Å². The SMILES string of the molecule is CC[NH+](CC)Cc1c(C)[nH]c2c(C)cc(C)cc2c1=O. The van der Waals surface area contributed by atoms with Crippen molar-refractivity contribution in [2.75, 3.05) is 13.1 Å². The Morgan fingerprint density at radius 3 is 2.35 bits per heavy atom. The Labute approximate surface area is 120 Å². The molecule has 3 heteroatoms. The van der Waals surface area contributed by atoms with E-state index in [2.05, 4.69) is 31.8 Å². The molecule has 0 aliphatic heterocycles. The summed E-state index contributed by atoms with van der Waals surface area (Å²) in [6.07, 6.45) is 0. The van der Waals surface area contributed by atoms with Crippen LogP contribution in [0.15, 0.2) is 16.9 Å². The van der Waals surface area contributed by atoms with E-state index in [0.29, 0.717) is 0 Å². The number of quaternary nitrogens is 1. The third-order valence-corrected chi connectivity index (χ3v) is 4.19. The van der Waals surface area contributed by atoms with E-state index in [4.69, 9.17) is 0 Å². The summed E-state index contributed by atoms with van der Waals surface area (Å²) in [5.41, 5.74) is 5.40. The van der Waals surface area contributed by atoms with Crippen LogP contribution in [-0.2, 0) is 6.54 Å². The minimum Gasteiger partial charge on any atom is -0.358 e. The normalized spacial score (nSPS) is 11.5. The van der Waals surface area contributed by atoms with Crippen molar-refractivity contribution < 1.29 is 4.90 Å². The average Bonchev–Trinajstić information content (AvgIpc) is 2.41. The molecule has 0 bridgehead atoms. The van der Waals surface area contributed by atoms with Crippen molar-refractivity contribution in [2.45, 2.75) is 41.2 Å². The van der Waals surface area contributed by atoms with Gasteiger partial charge in [-0.1, -0.05) is 6.07 Å². The highest BCUT2D eigenvalue weighted by Gasteiger charge is 2.15. The molecule has 2 N–H and O–H groups in total. The van der Waals surface area contributed by atoms with Crippen molar-refractivity contribution in [1.82, 2.24) is 4.98 Å². The maximum atomic E-state index is 12.8. The van der Waals surface area contributed by atoms with E-state index in [-0.39, 0.29) is 5.43 Å². The lowest BCUT2D eigenvalue weighted by atomic mass is 10.0. The van der Waals surface area contributed by atoms with Gasteiger partial charge in [0.15, 0.2) is 5.43 Å². The first-order chi connectivity index (χ1) is 9.47. The molecule has 0 spiro atoms. The quantitative estimate of drug-likeness (QED) is 0.877. The molecule has 1 heterocycles. The van der Waals surface area contributed by atoms with Gasteiger partial charge in [0.25, 0.3) is 0 Å². The summed E-state index contributed by atoms with van der Waals surface area (Å²) < 4.78 is 0. The van der Waals surface area contributed by atoms with E-state index < -0.39 is 0 Å². The van der Waals surface area contributed by atoms with Crippen molar-refractivity contribution in [3.63, 3.8) is 0 Å². The number of aryl methyl sites for hydroxylation is 3. The van der Waals surface area contributed by atoms with Gasteiger partial charge in [-0.2, -0.15) is 0 Å². The summed E-state index contributed by atoms with van der Waals surface area (Å²) in [5, 5.41) is 0.828. The van der Waals surface area contributed by atoms with E-state index in [9.17, 15) is 4.79 Å². The van der Waals surface area contributed by atoms with Crippen molar-refractivity contribution in [3.8, 4) is 0 Å². The Balaban J connectivity index is 2.65. The average molecular weight is 273 g/mol. The van der Waals surface area contributed by atoms with E-state index in [1.165, 1.54) is 4.90 Å². The Morgan fingerprint density at radius 1 is 1.10 bits per heavy atom. The van der Waals surface area contributed by atoms with Crippen LogP contribution >= 0.6 is 0 Å².